The van der Waals surface area contributed by atoms with Crippen LogP contribution in [-0.4, -0.2) is 65.8 Å². The summed E-state index contributed by atoms with van der Waals surface area (Å²) < 4.78 is 13.2. The molecule has 2 atom stereocenters. The van der Waals surface area contributed by atoms with Gasteiger partial charge in [0.1, 0.15) is 5.82 Å². The Balaban J connectivity index is 1.20. The summed E-state index contributed by atoms with van der Waals surface area (Å²) >= 11 is 0. The van der Waals surface area contributed by atoms with Gasteiger partial charge in [0.15, 0.2) is 0 Å². The molecule has 35 heavy (non-hydrogen) atoms. The van der Waals surface area contributed by atoms with Crippen molar-refractivity contribution in [3.8, 4) is 0 Å². The Morgan fingerprint density at radius 1 is 0.971 bits per heavy atom. The van der Waals surface area contributed by atoms with E-state index >= 15 is 0 Å². The van der Waals surface area contributed by atoms with Crippen molar-refractivity contribution >= 4 is 11.8 Å². The molecular weight excluding hydrogens is 441 g/mol. The maximum atomic E-state index is 13.4. The van der Waals surface area contributed by atoms with Gasteiger partial charge in [-0.3, -0.25) is 9.59 Å². The van der Waals surface area contributed by atoms with Crippen LogP contribution in [0.4, 0.5) is 4.39 Å². The summed E-state index contributed by atoms with van der Waals surface area (Å²) in [6.45, 7) is 7.72. The molecule has 2 amide bonds. The highest BCUT2D eigenvalue weighted by atomic mass is 19.1. The molecule has 1 spiro atoms. The van der Waals surface area contributed by atoms with Gasteiger partial charge in [0.25, 0.3) is 0 Å². The van der Waals surface area contributed by atoms with Crippen molar-refractivity contribution < 1.29 is 14.0 Å². The fourth-order valence-electron chi connectivity index (χ4n) is 6.37. The minimum atomic E-state index is -0.246. The van der Waals surface area contributed by atoms with Gasteiger partial charge in [-0.25, -0.2) is 4.39 Å². The average Bonchev–Trinajstić information content (AvgIpc) is 3.44. The van der Waals surface area contributed by atoms with Gasteiger partial charge in [-0.05, 0) is 61.5 Å². The highest BCUT2D eigenvalue weighted by Crippen LogP contribution is 2.43. The Hall–Kier alpha value is -2.73. The van der Waals surface area contributed by atoms with Crippen molar-refractivity contribution in [1.82, 2.24) is 14.7 Å². The number of hydrogen-bond donors (Lipinski definition) is 0. The third kappa shape index (κ3) is 4.99. The van der Waals surface area contributed by atoms with Crippen LogP contribution in [0.3, 0.4) is 0 Å². The summed E-state index contributed by atoms with van der Waals surface area (Å²) in [7, 11) is 0. The molecule has 3 heterocycles. The summed E-state index contributed by atoms with van der Waals surface area (Å²) in [4.78, 5) is 32.4. The van der Waals surface area contributed by atoms with Crippen LogP contribution in [0.2, 0.25) is 0 Å². The van der Waals surface area contributed by atoms with Gasteiger partial charge in [0.2, 0.25) is 11.8 Å². The molecule has 2 aromatic rings. The van der Waals surface area contributed by atoms with Crippen LogP contribution in [-0.2, 0) is 16.1 Å². The third-order valence-electron chi connectivity index (χ3n) is 8.52. The van der Waals surface area contributed by atoms with E-state index in [1.807, 2.05) is 22.8 Å². The molecule has 3 aliphatic heterocycles. The lowest BCUT2D eigenvalue weighted by atomic mass is 9.76. The van der Waals surface area contributed by atoms with Gasteiger partial charge in [0.05, 0.1) is 5.41 Å². The van der Waals surface area contributed by atoms with Crippen LogP contribution in [0.5, 0.6) is 0 Å². The first kappa shape index (κ1) is 24.0. The quantitative estimate of drug-likeness (QED) is 0.623. The highest BCUT2D eigenvalue weighted by Gasteiger charge is 2.48. The molecule has 3 saturated heterocycles. The normalized spacial score (nSPS) is 24.5. The molecule has 0 N–H and O–H groups in total. The molecule has 2 unspecified atom stereocenters. The molecule has 3 fully saturated rings. The van der Waals surface area contributed by atoms with Gasteiger partial charge >= 0.3 is 0 Å². The lowest BCUT2D eigenvalue weighted by Crippen LogP contribution is -2.46. The monoisotopic (exact) mass is 477 g/mol. The highest BCUT2D eigenvalue weighted by molar-refractivity contribution is 5.85. The first-order valence-electron chi connectivity index (χ1n) is 13.1. The second-order valence-corrected chi connectivity index (χ2v) is 10.6. The van der Waals surface area contributed by atoms with E-state index in [4.69, 9.17) is 0 Å². The summed E-state index contributed by atoms with van der Waals surface area (Å²) in [6.07, 6.45) is 3.25. The van der Waals surface area contributed by atoms with Gasteiger partial charge < -0.3 is 14.7 Å². The zero-order chi connectivity index (χ0) is 24.4. The van der Waals surface area contributed by atoms with Crippen LogP contribution in [0, 0.1) is 17.2 Å². The maximum Gasteiger partial charge on any atom is 0.229 e. The molecule has 0 radical (unpaired) electrons. The van der Waals surface area contributed by atoms with E-state index in [1.165, 1.54) is 17.7 Å². The number of benzene rings is 2. The van der Waals surface area contributed by atoms with Crippen molar-refractivity contribution in [2.45, 2.75) is 45.1 Å². The fraction of sp³-hybridized carbons (Fsp3) is 0.517. The van der Waals surface area contributed by atoms with E-state index in [0.717, 1.165) is 64.1 Å². The third-order valence-corrected chi connectivity index (χ3v) is 8.52. The maximum absolute atomic E-state index is 13.4. The Bertz CT molecular complexity index is 1030. The molecule has 0 aliphatic carbocycles. The number of halogens is 1. The molecule has 5 nitrogen and oxygen atoms in total. The number of rotatable bonds is 6. The van der Waals surface area contributed by atoms with E-state index in [0.29, 0.717) is 24.8 Å². The molecular formula is C29H36FN3O2. The summed E-state index contributed by atoms with van der Waals surface area (Å²) in [6, 6.07) is 17.1. The zero-order valence-electron chi connectivity index (χ0n) is 20.7. The molecule has 0 aromatic heterocycles. The first-order chi connectivity index (χ1) is 17.0. The van der Waals surface area contributed by atoms with Crippen molar-refractivity contribution in [1.29, 1.82) is 0 Å². The van der Waals surface area contributed by atoms with Crippen molar-refractivity contribution in [3.63, 3.8) is 0 Å². The molecule has 3 aliphatic rings. The zero-order valence-corrected chi connectivity index (χ0v) is 20.7. The number of amides is 2. The Labute approximate surface area is 207 Å². The lowest BCUT2D eigenvalue weighted by molar-refractivity contribution is -0.139. The number of likely N-dealkylation sites (tertiary alicyclic amines) is 3. The van der Waals surface area contributed by atoms with Gasteiger partial charge in [0, 0.05) is 45.1 Å². The van der Waals surface area contributed by atoms with Crippen LogP contribution in [0.25, 0.3) is 0 Å². The molecule has 5 rings (SSSR count). The average molecular weight is 478 g/mol. The predicted octanol–water partition coefficient (Wildman–Crippen LogP) is 4.29. The molecule has 0 saturated carbocycles. The molecule has 2 aromatic carbocycles. The smallest absolute Gasteiger partial charge is 0.229 e. The second-order valence-electron chi connectivity index (χ2n) is 10.6. The van der Waals surface area contributed by atoms with E-state index in [2.05, 4.69) is 29.2 Å². The number of carbonyl (C=O) groups excluding carboxylic acids is 2. The van der Waals surface area contributed by atoms with E-state index < -0.39 is 0 Å². The molecule has 186 valence electrons. The van der Waals surface area contributed by atoms with E-state index in [-0.39, 0.29) is 23.0 Å². The first-order valence-corrected chi connectivity index (χ1v) is 13.1. The van der Waals surface area contributed by atoms with E-state index in [1.54, 1.807) is 12.1 Å². The number of hydrogen-bond acceptors (Lipinski definition) is 3. The van der Waals surface area contributed by atoms with Gasteiger partial charge in [-0.15, -0.1) is 0 Å². The topological polar surface area (TPSA) is 43.9 Å². The lowest BCUT2D eigenvalue weighted by Gasteiger charge is -2.39. The van der Waals surface area contributed by atoms with Crippen molar-refractivity contribution in [2.24, 2.45) is 11.3 Å². The number of carbonyl (C=O) groups is 2. The van der Waals surface area contributed by atoms with Crippen molar-refractivity contribution in [3.05, 3.63) is 71.5 Å². The summed E-state index contributed by atoms with van der Waals surface area (Å²) in [5, 5.41) is 0. The van der Waals surface area contributed by atoms with E-state index in [9.17, 15) is 14.0 Å². The van der Waals surface area contributed by atoms with Gasteiger partial charge in [-0.1, -0.05) is 49.4 Å². The summed E-state index contributed by atoms with van der Waals surface area (Å²) in [5.74, 6) is 1.04. The Morgan fingerprint density at radius 2 is 1.66 bits per heavy atom. The SMILES string of the molecule is CCC(=O)N1CC(CN2CCC3(CC2)CCN(Cc2ccc(F)cc2)C3=O)C(c2ccccc2)C1. The molecule has 6 heteroatoms. The van der Waals surface area contributed by atoms with Crippen LogP contribution >= 0.6 is 0 Å². The largest absolute Gasteiger partial charge is 0.342 e. The Kier molecular flexibility index (Phi) is 6.92. The van der Waals surface area contributed by atoms with Crippen LogP contribution in [0.1, 0.15) is 49.7 Å². The minimum Gasteiger partial charge on any atom is -0.342 e. The minimum absolute atomic E-state index is 0.240. The van der Waals surface area contributed by atoms with Gasteiger partial charge in [-0.2, -0.15) is 0 Å². The standard InChI is InChI=1S/C29H36FN3O2/c1-2-27(34)33-20-24(26(21-33)23-6-4-3-5-7-23)19-31-15-12-29(13-16-31)14-17-32(28(29)35)18-22-8-10-25(30)11-9-22/h3-11,24,26H,2,12-21H2,1H3. The second kappa shape index (κ2) is 10.1. The number of piperidine rings is 1. The summed E-state index contributed by atoms with van der Waals surface area (Å²) in [5.41, 5.74) is 2.06. The fourth-order valence-corrected chi connectivity index (χ4v) is 6.37. The van der Waals surface area contributed by atoms with Crippen LogP contribution in [0.15, 0.2) is 54.6 Å². The molecule has 0 bridgehead atoms. The van der Waals surface area contributed by atoms with Crippen molar-refractivity contribution in [2.75, 3.05) is 39.3 Å². The predicted molar refractivity (Wildman–Crippen MR) is 134 cm³/mol. The van der Waals surface area contributed by atoms with Crippen LogP contribution < -0.4 is 0 Å². The Morgan fingerprint density at radius 3 is 2.34 bits per heavy atom. The number of nitrogens with zero attached hydrogens (tertiary/aromatic N) is 3.